The Kier molecular flexibility index (Phi) is 4.46. The van der Waals surface area contributed by atoms with Crippen LogP contribution in [-0.4, -0.2) is 25.8 Å². The van der Waals surface area contributed by atoms with Gasteiger partial charge in [0.05, 0.1) is 11.4 Å². The maximum absolute atomic E-state index is 12.4. The first-order valence-electron chi connectivity index (χ1n) is 8.82. The summed E-state index contributed by atoms with van der Waals surface area (Å²) in [6.07, 6.45) is 3.54. The van der Waals surface area contributed by atoms with Crippen LogP contribution in [0.1, 0.15) is 24.8 Å². The number of para-hydroxylation sites is 2. The summed E-state index contributed by atoms with van der Waals surface area (Å²) in [6, 6.07) is 13.9. The molecule has 1 amide bonds. The molecule has 2 aliphatic rings. The van der Waals surface area contributed by atoms with Crippen LogP contribution in [0.15, 0.2) is 42.5 Å². The average Bonchev–Trinajstić information content (AvgIpc) is 3.31. The fraction of sp³-hybridized carbons (Fsp3) is 0.350. The third kappa shape index (κ3) is 3.55. The van der Waals surface area contributed by atoms with Gasteiger partial charge in [-0.05, 0) is 49.1 Å². The lowest BCUT2D eigenvalue weighted by Crippen LogP contribution is -2.21. The number of aryl methyl sites for hydroxylation is 1. The number of carbonyl (C=O) groups is 1. The molecule has 0 bridgehead atoms. The number of carbonyl (C=O) groups excluding carboxylic acids is 1. The molecule has 1 fully saturated rings. The summed E-state index contributed by atoms with van der Waals surface area (Å²) < 4.78 is 10.7. The molecule has 5 nitrogen and oxygen atoms in total. The number of benzene rings is 2. The first kappa shape index (κ1) is 15.8. The van der Waals surface area contributed by atoms with Gasteiger partial charge in [-0.2, -0.15) is 0 Å². The molecule has 0 aliphatic carbocycles. The van der Waals surface area contributed by atoms with Gasteiger partial charge < -0.3 is 19.7 Å². The maximum atomic E-state index is 12.4. The second-order valence-electron chi connectivity index (χ2n) is 6.45. The molecule has 0 spiro atoms. The molecular formula is C20H22N2O3. The number of nitrogens with one attached hydrogen (secondary N) is 1. The van der Waals surface area contributed by atoms with Crippen LogP contribution in [-0.2, 0) is 11.2 Å². The third-order valence-electron chi connectivity index (χ3n) is 4.70. The number of amides is 1. The van der Waals surface area contributed by atoms with Crippen molar-refractivity contribution in [3.8, 4) is 11.5 Å². The number of anilines is 2. The Hall–Kier alpha value is -2.69. The van der Waals surface area contributed by atoms with Crippen LogP contribution in [0.4, 0.5) is 11.4 Å². The van der Waals surface area contributed by atoms with E-state index in [0.29, 0.717) is 12.8 Å². The van der Waals surface area contributed by atoms with Crippen molar-refractivity contribution in [2.24, 2.45) is 0 Å². The van der Waals surface area contributed by atoms with E-state index in [1.165, 1.54) is 12.8 Å². The smallest absolute Gasteiger partial charge is 0.231 e. The summed E-state index contributed by atoms with van der Waals surface area (Å²) in [5.41, 5.74) is 3.10. The van der Waals surface area contributed by atoms with E-state index < -0.39 is 0 Å². The van der Waals surface area contributed by atoms with Crippen LogP contribution in [0.5, 0.6) is 11.5 Å². The van der Waals surface area contributed by atoms with Crippen LogP contribution >= 0.6 is 0 Å². The number of hydrogen-bond acceptors (Lipinski definition) is 4. The molecule has 1 saturated heterocycles. The zero-order chi connectivity index (χ0) is 17.1. The van der Waals surface area contributed by atoms with Gasteiger partial charge in [-0.3, -0.25) is 4.79 Å². The Labute approximate surface area is 147 Å². The molecular weight excluding hydrogens is 316 g/mol. The lowest BCUT2D eigenvalue weighted by molar-refractivity contribution is -0.116. The van der Waals surface area contributed by atoms with E-state index in [1.807, 2.05) is 36.4 Å². The van der Waals surface area contributed by atoms with Crippen molar-refractivity contribution in [3.63, 3.8) is 0 Å². The first-order valence-corrected chi connectivity index (χ1v) is 8.82. The molecule has 0 saturated carbocycles. The number of hydrogen-bond donors (Lipinski definition) is 1. The summed E-state index contributed by atoms with van der Waals surface area (Å²) >= 11 is 0. The number of fused-ring (bicyclic) bond motifs is 1. The monoisotopic (exact) mass is 338 g/mol. The lowest BCUT2D eigenvalue weighted by atomic mass is 10.1. The van der Waals surface area contributed by atoms with E-state index in [9.17, 15) is 4.79 Å². The minimum absolute atomic E-state index is 0.0318. The highest BCUT2D eigenvalue weighted by atomic mass is 16.7. The van der Waals surface area contributed by atoms with Gasteiger partial charge in [-0.1, -0.05) is 18.2 Å². The second kappa shape index (κ2) is 7.05. The highest BCUT2D eigenvalue weighted by Gasteiger charge is 2.17. The van der Waals surface area contributed by atoms with Gasteiger partial charge in [0.2, 0.25) is 12.7 Å². The summed E-state index contributed by atoms with van der Waals surface area (Å²) in [4.78, 5) is 14.7. The Morgan fingerprint density at radius 3 is 2.72 bits per heavy atom. The minimum Gasteiger partial charge on any atom is -0.454 e. The number of ether oxygens (including phenoxy) is 2. The van der Waals surface area contributed by atoms with Gasteiger partial charge in [0, 0.05) is 19.5 Å². The Bertz CT molecular complexity index is 769. The Morgan fingerprint density at radius 1 is 1.04 bits per heavy atom. The van der Waals surface area contributed by atoms with E-state index in [1.54, 1.807) is 0 Å². The molecule has 0 atom stereocenters. The van der Waals surface area contributed by atoms with Crippen molar-refractivity contribution < 1.29 is 14.3 Å². The first-order chi connectivity index (χ1) is 12.3. The molecule has 0 unspecified atom stereocenters. The third-order valence-corrected chi connectivity index (χ3v) is 4.70. The number of rotatable bonds is 5. The molecule has 2 aliphatic heterocycles. The van der Waals surface area contributed by atoms with E-state index >= 15 is 0 Å². The molecule has 4 rings (SSSR count). The van der Waals surface area contributed by atoms with Crippen molar-refractivity contribution in [1.82, 2.24) is 0 Å². The van der Waals surface area contributed by atoms with Crippen molar-refractivity contribution in [2.75, 3.05) is 30.1 Å². The van der Waals surface area contributed by atoms with Crippen molar-refractivity contribution in [2.45, 2.75) is 25.7 Å². The average molecular weight is 338 g/mol. The summed E-state index contributed by atoms with van der Waals surface area (Å²) in [5, 5.41) is 3.07. The highest BCUT2D eigenvalue weighted by molar-refractivity contribution is 5.94. The van der Waals surface area contributed by atoms with Crippen LogP contribution in [0.3, 0.4) is 0 Å². The topological polar surface area (TPSA) is 50.8 Å². The standard InChI is InChI=1S/C20H22N2O3/c23-20(10-8-15-7-9-18-19(13-15)25-14-24-18)21-16-5-1-2-6-17(16)22-11-3-4-12-22/h1-2,5-7,9,13H,3-4,8,10-12,14H2,(H,21,23). The van der Waals surface area contributed by atoms with E-state index in [4.69, 9.17) is 9.47 Å². The van der Waals surface area contributed by atoms with Crippen molar-refractivity contribution in [3.05, 3.63) is 48.0 Å². The molecule has 130 valence electrons. The van der Waals surface area contributed by atoms with Gasteiger partial charge in [-0.25, -0.2) is 0 Å². The quantitative estimate of drug-likeness (QED) is 0.905. The molecule has 2 aromatic carbocycles. The van der Waals surface area contributed by atoms with Crippen LogP contribution in [0.2, 0.25) is 0 Å². The van der Waals surface area contributed by atoms with E-state index in [-0.39, 0.29) is 12.7 Å². The predicted octanol–water partition coefficient (Wildman–Crippen LogP) is 3.59. The molecule has 1 N–H and O–H groups in total. The fourth-order valence-corrected chi connectivity index (χ4v) is 3.38. The Morgan fingerprint density at radius 2 is 1.84 bits per heavy atom. The summed E-state index contributed by atoms with van der Waals surface area (Å²) in [5.74, 6) is 1.56. The summed E-state index contributed by atoms with van der Waals surface area (Å²) in [6.45, 7) is 2.39. The lowest BCUT2D eigenvalue weighted by Gasteiger charge is -2.21. The number of nitrogens with zero attached hydrogens (tertiary/aromatic N) is 1. The van der Waals surface area contributed by atoms with Gasteiger partial charge in [0.15, 0.2) is 11.5 Å². The molecule has 5 heteroatoms. The molecule has 0 radical (unpaired) electrons. The SMILES string of the molecule is O=C(CCc1ccc2c(c1)OCO2)Nc1ccccc1N1CCCC1. The van der Waals surface area contributed by atoms with E-state index in [2.05, 4.69) is 16.3 Å². The molecule has 25 heavy (non-hydrogen) atoms. The maximum Gasteiger partial charge on any atom is 0.231 e. The molecule has 2 aromatic rings. The summed E-state index contributed by atoms with van der Waals surface area (Å²) in [7, 11) is 0. The van der Waals surface area contributed by atoms with Crippen LogP contribution in [0.25, 0.3) is 0 Å². The zero-order valence-electron chi connectivity index (χ0n) is 14.2. The Balaban J connectivity index is 1.38. The van der Waals surface area contributed by atoms with Gasteiger partial charge in [0.1, 0.15) is 0 Å². The highest BCUT2D eigenvalue weighted by Crippen LogP contribution is 2.33. The van der Waals surface area contributed by atoms with E-state index in [0.717, 1.165) is 41.5 Å². The predicted molar refractivity (Wildman–Crippen MR) is 97.4 cm³/mol. The van der Waals surface area contributed by atoms with Crippen LogP contribution < -0.4 is 19.7 Å². The molecule has 2 heterocycles. The minimum atomic E-state index is 0.0318. The second-order valence-corrected chi connectivity index (χ2v) is 6.45. The van der Waals surface area contributed by atoms with Crippen LogP contribution in [0, 0.1) is 0 Å². The van der Waals surface area contributed by atoms with Gasteiger partial charge >= 0.3 is 0 Å². The zero-order valence-corrected chi connectivity index (χ0v) is 14.2. The normalized spacial score (nSPS) is 15.4. The van der Waals surface area contributed by atoms with Crippen molar-refractivity contribution in [1.29, 1.82) is 0 Å². The van der Waals surface area contributed by atoms with Crippen molar-refractivity contribution >= 4 is 17.3 Å². The fourth-order valence-electron chi connectivity index (χ4n) is 3.38. The molecule has 0 aromatic heterocycles. The largest absolute Gasteiger partial charge is 0.454 e. The van der Waals surface area contributed by atoms with Gasteiger partial charge in [-0.15, -0.1) is 0 Å². The van der Waals surface area contributed by atoms with Gasteiger partial charge in [0.25, 0.3) is 0 Å².